The summed E-state index contributed by atoms with van der Waals surface area (Å²) in [5.74, 6) is -1.82. The molecular weight excluding hydrogens is 256 g/mol. The Bertz CT molecular complexity index is 339. The minimum Gasteiger partial charge on any atom is -0.481 e. The van der Waals surface area contributed by atoms with Crippen LogP contribution in [0.15, 0.2) is 0 Å². The van der Waals surface area contributed by atoms with Crippen LogP contribution in [-0.2, 0) is 9.59 Å². The predicted molar refractivity (Wildman–Crippen MR) is 77.6 cm³/mol. The highest BCUT2D eigenvalue weighted by Gasteiger charge is 2.49. The molecule has 3 atom stereocenters. The van der Waals surface area contributed by atoms with Gasteiger partial charge in [-0.05, 0) is 38.0 Å². The number of aliphatic carboxylic acids is 2. The number of carbonyl (C=O) groups is 2. The second-order valence-corrected chi connectivity index (χ2v) is 6.21. The monoisotopic (exact) mass is 284 g/mol. The van der Waals surface area contributed by atoms with Crippen LogP contribution < -0.4 is 0 Å². The van der Waals surface area contributed by atoms with Gasteiger partial charge in [0.25, 0.3) is 0 Å². The molecule has 4 heteroatoms. The normalized spacial score (nSPS) is 30.1. The van der Waals surface area contributed by atoms with Gasteiger partial charge in [-0.15, -0.1) is 0 Å². The van der Waals surface area contributed by atoms with Crippen molar-refractivity contribution < 1.29 is 19.8 Å². The molecule has 1 aliphatic carbocycles. The fourth-order valence-corrected chi connectivity index (χ4v) is 3.60. The molecular formula is C16H28O4. The summed E-state index contributed by atoms with van der Waals surface area (Å²) in [7, 11) is 0. The van der Waals surface area contributed by atoms with Gasteiger partial charge in [-0.1, -0.05) is 39.5 Å². The Morgan fingerprint density at radius 3 is 2.30 bits per heavy atom. The van der Waals surface area contributed by atoms with Crippen molar-refractivity contribution >= 4 is 11.9 Å². The largest absolute Gasteiger partial charge is 0.481 e. The number of carboxylic acids is 2. The molecule has 0 spiro atoms. The van der Waals surface area contributed by atoms with Crippen molar-refractivity contribution in [1.29, 1.82) is 0 Å². The Kier molecular flexibility index (Phi) is 6.50. The summed E-state index contributed by atoms with van der Waals surface area (Å²) >= 11 is 0. The van der Waals surface area contributed by atoms with Crippen LogP contribution in [0.5, 0.6) is 0 Å². The maximum absolute atomic E-state index is 11.9. The van der Waals surface area contributed by atoms with E-state index in [1.165, 1.54) is 0 Å². The molecule has 1 rings (SSSR count). The number of hydrogen-bond acceptors (Lipinski definition) is 2. The van der Waals surface area contributed by atoms with Crippen molar-refractivity contribution in [1.82, 2.24) is 0 Å². The molecule has 1 fully saturated rings. The highest BCUT2D eigenvalue weighted by Crippen LogP contribution is 2.49. The van der Waals surface area contributed by atoms with Gasteiger partial charge < -0.3 is 10.2 Å². The lowest BCUT2D eigenvalue weighted by atomic mass is 9.60. The van der Waals surface area contributed by atoms with Gasteiger partial charge in [0.15, 0.2) is 0 Å². The molecule has 0 amide bonds. The van der Waals surface area contributed by atoms with Crippen LogP contribution in [0.3, 0.4) is 0 Å². The molecule has 1 saturated carbocycles. The van der Waals surface area contributed by atoms with Crippen molar-refractivity contribution in [2.24, 2.45) is 17.3 Å². The molecule has 20 heavy (non-hydrogen) atoms. The Morgan fingerprint density at radius 2 is 1.80 bits per heavy atom. The number of unbranched alkanes of at least 4 members (excludes halogenated alkanes) is 2. The molecule has 0 saturated heterocycles. The van der Waals surface area contributed by atoms with Crippen molar-refractivity contribution in [3.8, 4) is 0 Å². The van der Waals surface area contributed by atoms with Crippen LogP contribution in [0.1, 0.15) is 71.6 Å². The van der Waals surface area contributed by atoms with Gasteiger partial charge in [0.2, 0.25) is 0 Å². The zero-order chi connectivity index (χ0) is 15.2. The zero-order valence-electron chi connectivity index (χ0n) is 12.7. The summed E-state index contributed by atoms with van der Waals surface area (Å²) < 4.78 is 0. The van der Waals surface area contributed by atoms with Crippen molar-refractivity contribution in [2.45, 2.75) is 71.6 Å². The molecule has 0 aromatic rings. The predicted octanol–water partition coefficient (Wildman–Crippen LogP) is 3.94. The summed E-state index contributed by atoms with van der Waals surface area (Å²) in [6, 6.07) is 0. The minimum absolute atomic E-state index is 0.0151. The molecule has 4 nitrogen and oxygen atoms in total. The highest BCUT2D eigenvalue weighted by molar-refractivity contribution is 5.76. The van der Waals surface area contributed by atoms with Gasteiger partial charge in [0, 0.05) is 0 Å². The fourth-order valence-electron chi connectivity index (χ4n) is 3.60. The van der Waals surface area contributed by atoms with Crippen LogP contribution in [0.2, 0.25) is 0 Å². The van der Waals surface area contributed by atoms with Crippen LogP contribution in [0.25, 0.3) is 0 Å². The maximum atomic E-state index is 11.9. The molecule has 0 bridgehead atoms. The molecule has 0 aliphatic heterocycles. The van der Waals surface area contributed by atoms with E-state index >= 15 is 0 Å². The zero-order valence-corrected chi connectivity index (χ0v) is 12.7. The smallest absolute Gasteiger partial charge is 0.309 e. The van der Waals surface area contributed by atoms with E-state index in [4.69, 9.17) is 0 Å². The Hall–Kier alpha value is -1.06. The van der Waals surface area contributed by atoms with Crippen molar-refractivity contribution in [2.75, 3.05) is 0 Å². The lowest BCUT2D eigenvalue weighted by Gasteiger charge is -2.43. The molecule has 0 aromatic heterocycles. The average Bonchev–Trinajstić information content (AvgIpc) is 2.42. The molecule has 0 heterocycles. The first-order valence-corrected chi connectivity index (χ1v) is 7.94. The van der Waals surface area contributed by atoms with Gasteiger partial charge in [0.05, 0.1) is 11.3 Å². The average molecular weight is 284 g/mol. The highest BCUT2D eigenvalue weighted by atomic mass is 16.4. The van der Waals surface area contributed by atoms with Gasteiger partial charge in [-0.2, -0.15) is 0 Å². The lowest BCUT2D eigenvalue weighted by Crippen LogP contribution is -2.44. The molecule has 0 radical (unpaired) electrons. The van der Waals surface area contributed by atoms with Gasteiger partial charge in [-0.25, -0.2) is 0 Å². The fraction of sp³-hybridized carbons (Fsp3) is 0.875. The third-order valence-electron chi connectivity index (χ3n) is 4.95. The SMILES string of the molecule is CCCCC1CC(C(=O)O)CCC1(CCCC)C(=O)O. The first-order valence-electron chi connectivity index (χ1n) is 7.94. The van der Waals surface area contributed by atoms with E-state index in [0.717, 1.165) is 32.1 Å². The minimum atomic E-state index is -0.763. The summed E-state index contributed by atoms with van der Waals surface area (Å²) in [6.45, 7) is 4.16. The first kappa shape index (κ1) is 17.0. The summed E-state index contributed by atoms with van der Waals surface area (Å²) in [5, 5.41) is 19.0. The molecule has 1 aliphatic rings. The van der Waals surface area contributed by atoms with Gasteiger partial charge >= 0.3 is 11.9 Å². The standard InChI is InChI=1S/C16H28O4/c1-3-5-7-13-11-12(14(17)18)8-10-16(13,15(19)20)9-6-4-2/h12-13H,3-11H2,1-2H3,(H,17,18)(H,19,20). The molecule has 3 unspecified atom stereocenters. The van der Waals surface area contributed by atoms with E-state index in [9.17, 15) is 19.8 Å². The van der Waals surface area contributed by atoms with E-state index in [0.29, 0.717) is 25.7 Å². The van der Waals surface area contributed by atoms with E-state index in [2.05, 4.69) is 13.8 Å². The van der Waals surface area contributed by atoms with E-state index < -0.39 is 17.4 Å². The Morgan fingerprint density at radius 1 is 1.15 bits per heavy atom. The second-order valence-electron chi connectivity index (χ2n) is 6.21. The number of hydrogen-bond donors (Lipinski definition) is 2. The van der Waals surface area contributed by atoms with Crippen LogP contribution in [0.4, 0.5) is 0 Å². The van der Waals surface area contributed by atoms with E-state index in [1.807, 2.05) is 0 Å². The van der Waals surface area contributed by atoms with Crippen LogP contribution in [0, 0.1) is 17.3 Å². The summed E-state index contributed by atoms with van der Waals surface area (Å²) in [6.07, 6.45) is 7.00. The maximum Gasteiger partial charge on any atom is 0.309 e. The van der Waals surface area contributed by atoms with Crippen molar-refractivity contribution in [3.63, 3.8) is 0 Å². The Labute approximate surface area is 121 Å². The topological polar surface area (TPSA) is 74.6 Å². The number of rotatable bonds is 8. The van der Waals surface area contributed by atoms with Crippen LogP contribution in [-0.4, -0.2) is 22.2 Å². The van der Waals surface area contributed by atoms with Crippen LogP contribution >= 0.6 is 0 Å². The summed E-state index contributed by atoms with van der Waals surface area (Å²) in [4.78, 5) is 23.1. The molecule has 116 valence electrons. The van der Waals surface area contributed by atoms with Gasteiger partial charge in [0.1, 0.15) is 0 Å². The van der Waals surface area contributed by atoms with Crippen molar-refractivity contribution in [3.05, 3.63) is 0 Å². The summed E-state index contributed by atoms with van der Waals surface area (Å²) in [5.41, 5.74) is -0.683. The second kappa shape index (κ2) is 7.65. The Balaban J connectivity index is 2.92. The quantitative estimate of drug-likeness (QED) is 0.708. The molecule has 2 N–H and O–H groups in total. The first-order chi connectivity index (χ1) is 9.47. The number of carboxylic acid groups (broad SMARTS) is 2. The van der Waals surface area contributed by atoms with E-state index in [1.54, 1.807) is 0 Å². The third-order valence-corrected chi connectivity index (χ3v) is 4.95. The van der Waals surface area contributed by atoms with Gasteiger partial charge in [-0.3, -0.25) is 9.59 Å². The lowest BCUT2D eigenvalue weighted by molar-refractivity contribution is -0.161. The molecule has 0 aromatic carbocycles. The third kappa shape index (κ3) is 3.74. The van der Waals surface area contributed by atoms with E-state index in [-0.39, 0.29) is 11.8 Å².